The van der Waals surface area contributed by atoms with Gasteiger partial charge in [0.2, 0.25) is 15.9 Å². The first-order chi connectivity index (χ1) is 12.5. The topological polar surface area (TPSA) is 80.8 Å². The van der Waals surface area contributed by atoms with Crippen molar-refractivity contribution in [3.63, 3.8) is 0 Å². The number of nitrogens with one attached hydrogen (secondary N) is 1. The van der Waals surface area contributed by atoms with E-state index in [1.54, 1.807) is 13.3 Å². The molecule has 2 fully saturated rings. The molecule has 3 rings (SSSR count). The van der Waals surface area contributed by atoms with Crippen LogP contribution in [-0.4, -0.2) is 69.0 Å². The minimum absolute atomic E-state index is 0.0238. The zero-order valence-corrected chi connectivity index (χ0v) is 16.4. The molecule has 8 heteroatoms. The Balaban J connectivity index is 1.59. The van der Waals surface area contributed by atoms with Gasteiger partial charge in [-0.1, -0.05) is 6.07 Å². The number of sulfonamides is 1. The molecule has 0 amide bonds. The number of aromatic nitrogens is 1. The van der Waals surface area contributed by atoms with Gasteiger partial charge in [-0.25, -0.2) is 18.1 Å². The van der Waals surface area contributed by atoms with Crippen LogP contribution in [0, 0.1) is 6.92 Å². The fourth-order valence-corrected chi connectivity index (χ4v) is 5.15. The molecule has 1 aromatic rings. The molecule has 1 aliphatic heterocycles. The maximum atomic E-state index is 12.4. The van der Waals surface area contributed by atoms with Gasteiger partial charge < -0.3 is 9.47 Å². The lowest BCUT2D eigenvalue weighted by atomic mass is 9.97. The normalized spacial score (nSPS) is 24.5. The minimum atomic E-state index is -3.20. The van der Waals surface area contributed by atoms with Gasteiger partial charge in [0.05, 0.1) is 11.9 Å². The second-order valence-electron chi connectivity index (χ2n) is 7.14. The number of piperidine rings is 1. The quantitative estimate of drug-likeness (QED) is 0.693. The van der Waals surface area contributed by atoms with Crippen molar-refractivity contribution < 1.29 is 17.9 Å². The number of hydrogen-bond donors (Lipinski definition) is 1. The summed E-state index contributed by atoms with van der Waals surface area (Å²) in [6.45, 7) is 4.62. The van der Waals surface area contributed by atoms with Gasteiger partial charge in [-0.15, -0.1) is 0 Å². The highest BCUT2D eigenvalue weighted by molar-refractivity contribution is 7.90. The molecular formula is C18H29N3O4S. The van der Waals surface area contributed by atoms with E-state index >= 15 is 0 Å². The number of methoxy groups -OCH3 is 1. The third-order valence-corrected chi connectivity index (χ3v) is 7.07. The van der Waals surface area contributed by atoms with Crippen LogP contribution in [0.5, 0.6) is 5.88 Å². The lowest BCUT2D eigenvalue weighted by molar-refractivity contribution is 0.0399. The standard InChI is InChI=1S/C18H29N3O4S/c1-14-5-3-9-19-18(14)25-12-11-21-10-4-6-16(17(21)13-24-2)20-26(22,23)15-7-8-15/h3,5,9,15-17,20H,4,6-8,10-13H2,1-2H3/t16?,17-/m0/s1. The van der Waals surface area contributed by atoms with Crippen LogP contribution in [0.15, 0.2) is 18.3 Å². The maximum absolute atomic E-state index is 12.4. The molecule has 7 nitrogen and oxygen atoms in total. The van der Waals surface area contributed by atoms with E-state index in [4.69, 9.17) is 9.47 Å². The van der Waals surface area contributed by atoms with E-state index < -0.39 is 10.0 Å². The number of hydrogen-bond acceptors (Lipinski definition) is 6. The van der Waals surface area contributed by atoms with Crippen molar-refractivity contribution in [3.8, 4) is 5.88 Å². The Bertz CT molecular complexity index is 693. The summed E-state index contributed by atoms with van der Waals surface area (Å²) < 4.78 is 38.8. The molecule has 2 heterocycles. The SMILES string of the molecule is COC[C@H]1C(NS(=O)(=O)C2CC2)CCCN1CCOc1ncccc1C. The van der Waals surface area contributed by atoms with Gasteiger partial charge in [-0.05, 0) is 45.2 Å². The van der Waals surface area contributed by atoms with Crippen LogP contribution >= 0.6 is 0 Å². The summed E-state index contributed by atoms with van der Waals surface area (Å²) in [5.74, 6) is 0.652. The van der Waals surface area contributed by atoms with Crippen LogP contribution in [0.4, 0.5) is 0 Å². The molecule has 0 radical (unpaired) electrons. The van der Waals surface area contributed by atoms with E-state index in [0.717, 1.165) is 37.8 Å². The van der Waals surface area contributed by atoms with Crippen LogP contribution in [0.2, 0.25) is 0 Å². The van der Waals surface area contributed by atoms with Crippen LogP contribution < -0.4 is 9.46 Å². The Kier molecular flexibility index (Phi) is 6.50. The molecular weight excluding hydrogens is 354 g/mol. The number of nitrogens with zero attached hydrogens (tertiary/aromatic N) is 2. The Hall–Kier alpha value is -1.22. The van der Waals surface area contributed by atoms with Crippen molar-refractivity contribution in [2.45, 2.75) is 49.9 Å². The van der Waals surface area contributed by atoms with E-state index in [0.29, 0.717) is 25.6 Å². The average molecular weight is 384 g/mol. The summed E-state index contributed by atoms with van der Waals surface area (Å²) in [6.07, 6.45) is 5.08. The molecule has 0 spiro atoms. The van der Waals surface area contributed by atoms with Gasteiger partial charge >= 0.3 is 0 Å². The molecule has 1 unspecified atom stereocenters. The third-order valence-electron chi connectivity index (χ3n) is 5.09. The second kappa shape index (κ2) is 8.65. The summed E-state index contributed by atoms with van der Waals surface area (Å²) in [5.41, 5.74) is 1.01. The van der Waals surface area contributed by atoms with Crippen LogP contribution in [-0.2, 0) is 14.8 Å². The van der Waals surface area contributed by atoms with Crippen LogP contribution in [0.25, 0.3) is 0 Å². The molecule has 1 N–H and O–H groups in total. The number of aryl methyl sites for hydroxylation is 1. The predicted molar refractivity (Wildman–Crippen MR) is 99.8 cm³/mol. The van der Waals surface area contributed by atoms with Gasteiger partial charge in [0, 0.05) is 37.5 Å². The summed E-state index contributed by atoms with van der Waals surface area (Å²) in [4.78, 5) is 6.52. The van der Waals surface area contributed by atoms with E-state index in [2.05, 4.69) is 14.6 Å². The number of ether oxygens (including phenoxy) is 2. The molecule has 1 saturated carbocycles. The summed E-state index contributed by atoms with van der Waals surface area (Å²) in [6, 6.07) is 3.78. The first-order valence-corrected chi connectivity index (χ1v) is 10.8. The van der Waals surface area contributed by atoms with Crippen LogP contribution in [0.3, 0.4) is 0 Å². The average Bonchev–Trinajstić information content (AvgIpc) is 3.45. The maximum Gasteiger partial charge on any atom is 0.216 e. The number of pyridine rings is 1. The smallest absolute Gasteiger partial charge is 0.216 e. The van der Waals surface area contributed by atoms with Gasteiger partial charge in [-0.3, -0.25) is 4.90 Å². The van der Waals surface area contributed by atoms with Gasteiger partial charge in [-0.2, -0.15) is 0 Å². The number of likely N-dealkylation sites (tertiary alicyclic amines) is 1. The van der Waals surface area contributed by atoms with E-state index in [1.165, 1.54) is 0 Å². The van der Waals surface area contributed by atoms with Crippen LogP contribution in [0.1, 0.15) is 31.2 Å². The summed E-state index contributed by atoms with van der Waals surface area (Å²) in [7, 11) is -1.54. The van der Waals surface area contributed by atoms with Crippen molar-refractivity contribution in [1.29, 1.82) is 0 Å². The lowest BCUT2D eigenvalue weighted by Crippen LogP contribution is -2.58. The van der Waals surface area contributed by atoms with Crippen molar-refractivity contribution in [2.24, 2.45) is 0 Å². The molecule has 26 heavy (non-hydrogen) atoms. The molecule has 2 atom stereocenters. The van der Waals surface area contributed by atoms with Gasteiger partial charge in [0.1, 0.15) is 6.61 Å². The first-order valence-electron chi connectivity index (χ1n) is 9.30. The molecule has 1 aromatic heterocycles. The van der Waals surface area contributed by atoms with Crippen molar-refractivity contribution >= 4 is 10.0 Å². The summed E-state index contributed by atoms with van der Waals surface area (Å²) in [5, 5.41) is -0.198. The Morgan fingerprint density at radius 2 is 2.15 bits per heavy atom. The Labute approximate surface area is 156 Å². The lowest BCUT2D eigenvalue weighted by Gasteiger charge is -2.41. The Morgan fingerprint density at radius 3 is 2.85 bits per heavy atom. The van der Waals surface area contributed by atoms with Crippen molar-refractivity contribution in [2.75, 3.05) is 33.4 Å². The minimum Gasteiger partial charge on any atom is -0.476 e. The van der Waals surface area contributed by atoms with E-state index in [-0.39, 0.29) is 17.3 Å². The molecule has 0 aromatic carbocycles. The van der Waals surface area contributed by atoms with Gasteiger partial charge in [0.25, 0.3) is 0 Å². The highest BCUT2D eigenvalue weighted by Crippen LogP contribution is 2.29. The highest BCUT2D eigenvalue weighted by atomic mass is 32.2. The molecule has 146 valence electrons. The molecule has 0 bridgehead atoms. The molecule has 1 aliphatic carbocycles. The van der Waals surface area contributed by atoms with Gasteiger partial charge in [0.15, 0.2) is 0 Å². The monoisotopic (exact) mass is 383 g/mol. The molecule has 2 aliphatic rings. The number of rotatable bonds is 9. The second-order valence-corrected chi connectivity index (χ2v) is 9.14. The summed E-state index contributed by atoms with van der Waals surface area (Å²) >= 11 is 0. The molecule has 1 saturated heterocycles. The highest BCUT2D eigenvalue weighted by Gasteiger charge is 2.40. The van der Waals surface area contributed by atoms with E-state index in [1.807, 2.05) is 19.1 Å². The predicted octanol–water partition coefficient (Wildman–Crippen LogP) is 1.33. The van der Waals surface area contributed by atoms with Crippen molar-refractivity contribution in [3.05, 3.63) is 23.9 Å². The fourth-order valence-electron chi connectivity index (χ4n) is 3.50. The largest absolute Gasteiger partial charge is 0.476 e. The zero-order valence-electron chi connectivity index (χ0n) is 15.6. The fraction of sp³-hybridized carbons (Fsp3) is 0.722. The van der Waals surface area contributed by atoms with Crippen molar-refractivity contribution in [1.82, 2.24) is 14.6 Å². The first kappa shape index (κ1) is 19.5. The Morgan fingerprint density at radius 1 is 1.35 bits per heavy atom. The zero-order chi connectivity index (χ0) is 18.6. The van der Waals surface area contributed by atoms with E-state index in [9.17, 15) is 8.42 Å². The third kappa shape index (κ3) is 4.94.